The van der Waals surface area contributed by atoms with Crippen molar-refractivity contribution in [1.82, 2.24) is 5.06 Å². The Labute approximate surface area is 205 Å². The SMILES string of the molecule is O=C1CC(N(O)C2CC(=O)N(c3cccc4ccccc34)C2=O)C(=O)N1c1cccc2ccccc12. The number of hydrogen-bond acceptors (Lipinski definition) is 6. The molecule has 178 valence electrons. The molecule has 0 aromatic heterocycles. The Balaban J connectivity index is 1.30. The van der Waals surface area contributed by atoms with Crippen LogP contribution in [0.1, 0.15) is 12.8 Å². The summed E-state index contributed by atoms with van der Waals surface area (Å²) in [6.45, 7) is 0. The molecular formula is C28H21N3O5. The number of nitrogens with zero attached hydrogens (tertiary/aromatic N) is 3. The summed E-state index contributed by atoms with van der Waals surface area (Å²) >= 11 is 0. The number of fused-ring (bicyclic) bond motifs is 2. The molecule has 0 saturated carbocycles. The van der Waals surface area contributed by atoms with Crippen LogP contribution in [0, 0.1) is 0 Å². The van der Waals surface area contributed by atoms with Gasteiger partial charge in [-0.05, 0) is 22.9 Å². The second kappa shape index (κ2) is 8.37. The topological polar surface area (TPSA) is 98.2 Å². The number of carbonyl (C=O) groups excluding carboxylic acids is 4. The molecule has 4 amide bonds. The first-order chi connectivity index (χ1) is 17.5. The van der Waals surface area contributed by atoms with Crippen molar-refractivity contribution in [3.05, 3.63) is 84.9 Å². The zero-order valence-electron chi connectivity index (χ0n) is 19.1. The second-order valence-corrected chi connectivity index (χ2v) is 8.95. The molecule has 0 radical (unpaired) electrons. The van der Waals surface area contributed by atoms with Crippen LogP contribution in [0.4, 0.5) is 11.4 Å². The molecule has 2 fully saturated rings. The second-order valence-electron chi connectivity index (χ2n) is 8.95. The van der Waals surface area contributed by atoms with Gasteiger partial charge >= 0.3 is 0 Å². The lowest BCUT2D eigenvalue weighted by Gasteiger charge is -2.25. The molecule has 2 heterocycles. The quantitative estimate of drug-likeness (QED) is 0.355. The van der Waals surface area contributed by atoms with E-state index < -0.39 is 35.7 Å². The van der Waals surface area contributed by atoms with E-state index in [1.165, 1.54) is 0 Å². The minimum absolute atomic E-state index is 0.301. The van der Waals surface area contributed by atoms with Gasteiger partial charge in [0.1, 0.15) is 12.1 Å². The summed E-state index contributed by atoms with van der Waals surface area (Å²) < 4.78 is 0. The lowest BCUT2D eigenvalue weighted by Crippen LogP contribution is -2.49. The maximum absolute atomic E-state index is 13.4. The van der Waals surface area contributed by atoms with E-state index in [1.54, 1.807) is 24.3 Å². The lowest BCUT2D eigenvalue weighted by atomic mass is 10.1. The Morgan fingerprint density at radius 2 is 0.972 bits per heavy atom. The Kier molecular flexibility index (Phi) is 5.13. The Hall–Kier alpha value is -4.40. The molecule has 2 saturated heterocycles. The van der Waals surface area contributed by atoms with Gasteiger partial charge in [-0.2, -0.15) is 5.06 Å². The fourth-order valence-corrected chi connectivity index (χ4v) is 5.18. The predicted octanol–water partition coefficient (Wildman–Crippen LogP) is 3.65. The number of carbonyl (C=O) groups is 4. The van der Waals surface area contributed by atoms with Crippen LogP contribution in [-0.4, -0.2) is 46.0 Å². The number of benzene rings is 4. The van der Waals surface area contributed by atoms with Gasteiger partial charge in [-0.15, -0.1) is 0 Å². The van der Waals surface area contributed by atoms with E-state index in [9.17, 15) is 24.4 Å². The average Bonchev–Trinajstić information content (AvgIpc) is 3.36. The minimum Gasteiger partial charge on any atom is -0.312 e. The zero-order chi connectivity index (χ0) is 25.0. The molecule has 6 rings (SSSR count). The first kappa shape index (κ1) is 22.1. The zero-order valence-corrected chi connectivity index (χ0v) is 19.1. The highest BCUT2D eigenvalue weighted by atomic mass is 16.5. The molecule has 0 spiro atoms. The summed E-state index contributed by atoms with van der Waals surface area (Å²) in [6.07, 6.45) is -0.602. The van der Waals surface area contributed by atoms with Crippen LogP contribution in [-0.2, 0) is 19.2 Å². The van der Waals surface area contributed by atoms with Gasteiger partial charge in [0.25, 0.3) is 11.8 Å². The van der Waals surface area contributed by atoms with Gasteiger partial charge in [-0.1, -0.05) is 72.8 Å². The lowest BCUT2D eigenvalue weighted by molar-refractivity contribution is -0.172. The highest BCUT2D eigenvalue weighted by Crippen LogP contribution is 2.35. The van der Waals surface area contributed by atoms with Gasteiger partial charge in [-0.25, -0.2) is 9.80 Å². The van der Waals surface area contributed by atoms with Crippen molar-refractivity contribution < 1.29 is 24.4 Å². The first-order valence-corrected chi connectivity index (χ1v) is 11.6. The van der Waals surface area contributed by atoms with Crippen molar-refractivity contribution in [1.29, 1.82) is 0 Å². The van der Waals surface area contributed by atoms with E-state index in [0.717, 1.165) is 31.3 Å². The molecule has 0 aliphatic carbocycles. The third kappa shape index (κ3) is 3.30. The molecule has 4 aromatic carbocycles. The van der Waals surface area contributed by atoms with Crippen molar-refractivity contribution in [2.45, 2.75) is 24.9 Å². The number of rotatable bonds is 4. The number of amides is 4. The molecule has 36 heavy (non-hydrogen) atoms. The number of anilines is 2. The molecule has 4 aromatic rings. The number of hydrogen-bond donors (Lipinski definition) is 1. The van der Waals surface area contributed by atoms with Gasteiger partial charge in [0.15, 0.2) is 0 Å². The third-order valence-corrected chi connectivity index (χ3v) is 6.90. The summed E-state index contributed by atoms with van der Waals surface area (Å²) in [6, 6.07) is 22.8. The first-order valence-electron chi connectivity index (χ1n) is 11.6. The van der Waals surface area contributed by atoms with E-state index in [4.69, 9.17) is 0 Å². The molecule has 2 aliphatic rings. The monoisotopic (exact) mass is 479 g/mol. The highest BCUT2D eigenvalue weighted by molar-refractivity contribution is 6.27. The molecule has 2 aliphatic heterocycles. The van der Waals surface area contributed by atoms with Gasteiger partial charge in [-0.3, -0.25) is 19.2 Å². The van der Waals surface area contributed by atoms with Crippen molar-refractivity contribution in [2.24, 2.45) is 0 Å². The van der Waals surface area contributed by atoms with Crippen molar-refractivity contribution in [2.75, 3.05) is 9.80 Å². The van der Waals surface area contributed by atoms with Gasteiger partial charge in [0, 0.05) is 10.8 Å². The van der Waals surface area contributed by atoms with Crippen LogP contribution in [0.5, 0.6) is 0 Å². The predicted molar refractivity (Wildman–Crippen MR) is 133 cm³/mol. The third-order valence-electron chi connectivity index (χ3n) is 6.90. The number of imide groups is 2. The van der Waals surface area contributed by atoms with Gasteiger partial charge < -0.3 is 5.21 Å². The van der Waals surface area contributed by atoms with E-state index >= 15 is 0 Å². The van der Waals surface area contributed by atoms with E-state index in [2.05, 4.69) is 0 Å². The summed E-state index contributed by atoms with van der Waals surface area (Å²) in [7, 11) is 0. The van der Waals surface area contributed by atoms with E-state index in [0.29, 0.717) is 16.4 Å². The van der Waals surface area contributed by atoms with Crippen LogP contribution < -0.4 is 9.80 Å². The smallest absolute Gasteiger partial charge is 0.254 e. The number of hydroxylamine groups is 2. The summed E-state index contributed by atoms with van der Waals surface area (Å²) in [4.78, 5) is 54.7. The maximum Gasteiger partial charge on any atom is 0.254 e. The summed E-state index contributed by atoms with van der Waals surface area (Å²) in [5, 5.41) is 14.8. The fraction of sp³-hybridized carbons (Fsp3) is 0.143. The fourth-order valence-electron chi connectivity index (χ4n) is 5.18. The molecule has 2 atom stereocenters. The normalized spacial score (nSPS) is 20.5. The average molecular weight is 479 g/mol. The summed E-state index contributed by atoms with van der Waals surface area (Å²) in [5.74, 6) is -2.24. The van der Waals surface area contributed by atoms with Crippen molar-refractivity contribution >= 4 is 56.5 Å². The van der Waals surface area contributed by atoms with E-state index in [1.807, 2.05) is 60.7 Å². The summed E-state index contributed by atoms with van der Waals surface area (Å²) in [5.41, 5.74) is 0.843. The highest BCUT2D eigenvalue weighted by Gasteiger charge is 2.51. The minimum atomic E-state index is -1.27. The van der Waals surface area contributed by atoms with Crippen LogP contribution >= 0.6 is 0 Å². The molecule has 2 unspecified atom stereocenters. The molecule has 8 heteroatoms. The van der Waals surface area contributed by atoms with Crippen molar-refractivity contribution in [3.8, 4) is 0 Å². The van der Waals surface area contributed by atoms with Gasteiger partial charge in [0.05, 0.1) is 24.2 Å². The molecule has 0 bridgehead atoms. The van der Waals surface area contributed by atoms with E-state index in [-0.39, 0.29) is 12.8 Å². The van der Waals surface area contributed by atoms with Crippen LogP contribution in [0.2, 0.25) is 0 Å². The van der Waals surface area contributed by atoms with Crippen LogP contribution in [0.15, 0.2) is 84.9 Å². The van der Waals surface area contributed by atoms with Gasteiger partial charge in [0.2, 0.25) is 11.8 Å². The van der Waals surface area contributed by atoms with Crippen LogP contribution in [0.3, 0.4) is 0 Å². The Morgan fingerprint density at radius 3 is 1.42 bits per heavy atom. The Morgan fingerprint density at radius 1 is 0.583 bits per heavy atom. The standard InChI is InChI=1S/C28H21N3O5/c32-25-15-23(27(34)29(25)21-13-5-9-17-7-1-3-11-19(17)21)31(36)24-16-26(33)30(28(24)35)22-14-6-10-18-8-2-4-12-20(18)22/h1-14,23-24,36H,15-16H2. The molecule has 8 nitrogen and oxygen atoms in total. The molecular weight excluding hydrogens is 458 g/mol. The Bertz CT molecular complexity index is 1450. The largest absolute Gasteiger partial charge is 0.312 e. The maximum atomic E-state index is 13.4. The van der Waals surface area contributed by atoms with Crippen molar-refractivity contribution in [3.63, 3.8) is 0 Å². The van der Waals surface area contributed by atoms with Crippen LogP contribution in [0.25, 0.3) is 21.5 Å². The molecule has 1 N–H and O–H groups in total.